The molecular weight excluding hydrogens is 322 g/mol. The van der Waals surface area contributed by atoms with E-state index in [-0.39, 0.29) is 5.91 Å². The van der Waals surface area contributed by atoms with Crippen molar-refractivity contribution in [2.45, 2.75) is 53.0 Å². The molecule has 0 radical (unpaired) electrons. The normalized spacial score (nSPS) is 27.4. The second-order valence-electron chi connectivity index (χ2n) is 8.42. The Balaban J connectivity index is 1.48. The number of anilines is 1. The first-order valence-electron chi connectivity index (χ1n) is 10.3. The minimum absolute atomic E-state index is 0.205. The van der Waals surface area contributed by atoms with Gasteiger partial charge in [-0.3, -0.25) is 9.69 Å². The minimum atomic E-state index is 0.205. The van der Waals surface area contributed by atoms with Gasteiger partial charge in [0.25, 0.3) is 0 Å². The van der Waals surface area contributed by atoms with Gasteiger partial charge in [0.05, 0.1) is 6.54 Å². The van der Waals surface area contributed by atoms with Gasteiger partial charge in [0.2, 0.25) is 5.91 Å². The molecule has 1 aliphatic heterocycles. The molecule has 1 saturated carbocycles. The zero-order valence-electron chi connectivity index (χ0n) is 16.9. The van der Waals surface area contributed by atoms with Crippen LogP contribution in [0.4, 0.5) is 5.69 Å². The lowest BCUT2D eigenvalue weighted by molar-refractivity contribution is -0.123. The summed E-state index contributed by atoms with van der Waals surface area (Å²) in [4.78, 5) is 17.3. The van der Waals surface area contributed by atoms with Crippen LogP contribution in [0, 0.1) is 25.7 Å². The van der Waals surface area contributed by atoms with E-state index in [0.717, 1.165) is 38.5 Å². The van der Waals surface area contributed by atoms with Crippen molar-refractivity contribution in [3.05, 3.63) is 29.3 Å². The quantitative estimate of drug-likeness (QED) is 0.897. The van der Waals surface area contributed by atoms with Crippen molar-refractivity contribution in [3.8, 4) is 0 Å². The molecule has 4 nitrogen and oxygen atoms in total. The summed E-state index contributed by atoms with van der Waals surface area (Å²) in [5.74, 6) is 1.51. The summed E-state index contributed by atoms with van der Waals surface area (Å²) >= 11 is 0. The standard InChI is InChI=1S/C22H35N3O/c1-16-7-5-9-20(18(16)3)23-22(26)15-24-11-13-25(14-12-24)21-10-6-8-17(2)19(21)4/h6,8,10,16,18,20H,5,7,9,11-15H2,1-4H3,(H,23,26). The Labute approximate surface area is 158 Å². The van der Waals surface area contributed by atoms with Crippen LogP contribution >= 0.6 is 0 Å². The lowest BCUT2D eigenvalue weighted by atomic mass is 9.78. The Morgan fingerprint density at radius 2 is 1.85 bits per heavy atom. The predicted molar refractivity (Wildman–Crippen MR) is 109 cm³/mol. The second-order valence-corrected chi connectivity index (χ2v) is 8.42. The number of nitrogens with one attached hydrogen (secondary N) is 1. The number of hydrogen-bond acceptors (Lipinski definition) is 3. The van der Waals surface area contributed by atoms with E-state index in [1.807, 2.05) is 0 Å². The van der Waals surface area contributed by atoms with Gasteiger partial charge in [-0.1, -0.05) is 38.8 Å². The molecular formula is C22H35N3O. The molecule has 144 valence electrons. The highest BCUT2D eigenvalue weighted by atomic mass is 16.2. The molecule has 1 aromatic rings. The number of piperazine rings is 1. The highest BCUT2D eigenvalue weighted by molar-refractivity contribution is 5.78. The molecule has 1 aliphatic carbocycles. The number of carbonyl (C=O) groups excluding carboxylic acids is 1. The number of amides is 1. The maximum Gasteiger partial charge on any atom is 0.234 e. The first-order chi connectivity index (χ1) is 12.5. The molecule has 1 N–H and O–H groups in total. The van der Waals surface area contributed by atoms with E-state index < -0.39 is 0 Å². The first-order valence-corrected chi connectivity index (χ1v) is 10.3. The molecule has 0 bridgehead atoms. The van der Waals surface area contributed by atoms with Crippen LogP contribution in [0.3, 0.4) is 0 Å². The second kappa shape index (κ2) is 8.43. The fraction of sp³-hybridized carbons (Fsp3) is 0.682. The van der Waals surface area contributed by atoms with Crippen LogP contribution in [0.5, 0.6) is 0 Å². The van der Waals surface area contributed by atoms with E-state index in [1.165, 1.54) is 29.7 Å². The maximum absolute atomic E-state index is 12.5. The van der Waals surface area contributed by atoms with Gasteiger partial charge < -0.3 is 10.2 Å². The van der Waals surface area contributed by atoms with E-state index >= 15 is 0 Å². The Morgan fingerprint density at radius 1 is 1.12 bits per heavy atom. The Hall–Kier alpha value is -1.55. The Kier molecular flexibility index (Phi) is 6.23. The largest absolute Gasteiger partial charge is 0.369 e. The average molecular weight is 358 g/mol. The van der Waals surface area contributed by atoms with Gasteiger partial charge in [-0.2, -0.15) is 0 Å². The van der Waals surface area contributed by atoms with Gasteiger partial charge in [-0.25, -0.2) is 0 Å². The molecule has 1 heterocycles. The number of nitrogens with zero attached hydrogens (tertiary/aromatic N) is 2. The average Bonchev–Trinajstić information content (AvgIpc) is 2.62. The van der Waals surface area contributed by atoms with Crippen molar-refractivity contribution < 1.29 is 4.79 Å². The summed E-state index contributed by atoms with van der Waals surface area (Å²) in [5.41, 5.74) is 4.07. The fourth-order valence-electron chi connectivity index (χ4n) is 4.47. The molecule has 1 aromatic carbocycles. The Bertz CT molecular complexity index is 622. The van der Waals surface area contributed by atoms with Crippen LogP contribution in [0.1, 0.15) is 44.2 Å². The molecule has 3 unspecified atom stereocenters. The summed E-state index contributed by atoms with van der Waals surface area (Å²) < 4.78 is 0. The SMILES string of the molecule is Cc1cccc(N2CCN(CC(=O)NC3CCCC(C)C3C)CC2)c1C. The van der Waals surface area contributed by atoms with Gasteiger partial charge in [0.1, 0.15) is 0 Å². The lowest BCUT2D eigenvalue weighted by Crippen LogP contribution is -2.52. The van der Waals surface area contributed by atoms with Crippen LogP contribution in [-0.2, 0) is 4.79 Å². The molecule has 2 fully saturated rings. The molecule has 26 heavy (non-hydrogen) atoms. The summed E-state index contributed by atoms with van der Waals surface area (Å²) in [6, 6.07) is 6.90. The molecule has 4 heteroatoms. The zero-order valence-corrected chi connectivity index (χ0v) is 16.9. The van der Waals surface area contributed by atoms with Gasteiger partial charge in [-0.05, 0) is 49.3 Å². The number of aryl methyl sites for hydroxylation is 1. The summed E-state index contributed by atoms with van der Waals surface area (Å²) in [5, 5.41) is 3.31. The summed E-state index contributed by atoms with van der Waals surface area (Å²) in [7, 11) is 0. The van der Waals surface area contributed by atoms with Crippen molar-refractivity contribution in [3.63, 3.8) is 0 Å². The van der Waals surface area contributed by atoms with E-state index in [0.29, 0.717) is 18.5 Å². The van der Waals surface area contributed by atoms with E-state index in [4.69, 9.17) is 0 Å². The number of benzene rings is 1. The van der Waals surface area contributed by atoms with Crippen molar-refractivity contribution >= 4 is 11.6 Å². The first kappa shape index (κ1) is 19.2. The molecule has 2 aliphatic rings. The van der Waals surface area contributed by atoms with Crippen LogP contribution in [0.2, 0.25) is 0 Å². The molecule has 1 saturated heterocycles. The summed E-state index contributed by atoms with van der Waals surface area (Å²) in [6.07, 6.45) is 3.68. The van der Waals surface area contributed by atoms with Crippen LogP contribution in [0.15, 0.2) is 18.2 Å². The third-order valence-corrected chi connectivity index (χ3v) is 6.71. The van der Waals surface area contributed by atoms with Gasteiger partial charge in [-0.15, -0.1) is 0 Å². The predicted octanol–water partition coefficient (Wildman–Crippen LogP) is 3.37. The number of hydrogen-bond donors (Lipinski definition) is 1. The minimum Gasteiger partial charge on any atom is -0.369 e. The smallest absolute Gasteiger partial charge is 0.234 e. The number of rotatable bonds is 4. The third-order valence-electron chi connectivity index (χ3n) is 6.71. The van der Waals surface area contributed by atoms with E-state index in [1.54, 1.807) is 0 Å². The maximum atomic E-state index is 12.5. The molecule has 1 amide bonds. The highest BCUT2D eigenvalue weighted by Gasteiger charge is 2.29. The van der Waals surface area contributed by atoms with Crippen molar-refractivity contribution in [1.82, 2.24) is 10.2 Å². The van der Waals surface area contributed by atoms with Crippen molar-refractivity contribution in [2.24, 2.45) is 11.8 Å². The fourth-order valence-corrected chi connectivity index (χ4v) is 4.47. The van der Waals surface area contributed by atoms with E-state index in [9.17, 15) is 4.79 Å². The van der Waals surface area contributed by atoms with Crippen molar-refractivity contribution in [2.75, 3.05) is 37.6 Å². The highest BCUT2D eigenvalue weighted by Crippen LogP contribution is 2.29. The van der Waals surface area contributed by atoms with Crippen LogP contribution in [0.25, 0.3) is 0 Å². The topological polar surface area (TPSA) is 35.6 Å². The van der Waals surface area contributed by atoms with E-state index in [2.05, 4.69) is 61.0 Å². The molecule has 3 rings (SSSR count). The molecule has 0 spiro atoms. The number of carbonyl (C=O) groups is 1. The van der Waals surface area contributed by atoms with Crippen LogP contribution < -0.4 is 10.2 Å². The van der Waals surface area contributed by atoms with Gasteiger partial charge in [0, 0.05) is 37.9 Å². The lowest BCUT2D eigenvalue weighted by Gasteiger charge is -2.38. The molecule has 0 aromatic heterocycles. The Morgan fingerprint density at radius 3 is 2.58 bits per heavy atom. The zero-order chi connectivity index (χ0) is 18.7. The molecule has 3 atom stereocenters. The van der Waals surface area contributed by atoms with Gasteiger partial charge >= 0.3 is 0 Å². The van der Waals surface area contributed by atoms with Crippen LogP contribution in [-0.4, -0.2) is 49.6 Å². The monoisotopic (exact) mass is 357 g/mol. The summed E-state index contributed by atoms with van der Waals surface area (Å²) in [6.45, 7) is 13.4. The third kappa shape index (κ3) is 4.40. The van der Waals surface area contributed by atoms with Crippen molar-refractivity contribution in [1.29, 1.82) is 0 Å². The van der Waals surface area contributed by atoms with Gasteiger partial charge in [0.15, 0.2) is 0 Å².